The van der Waals surface area contributed by atoms with Crippen LogP contribution in [0.5, 0.6) is 0 Å². The van der Waals surface area contributed by atoms with Gasteiger partial charge in [0.05, 0.1) is 18.6 Å². The van der Waals surface area contributed by atoms with Gasteiger partial charge in [0.15, 0.2) is 0 Å². The fourth-order valence-electron chi connectivity index (χ4n) is 2.64. The maximum atomic E-state index is 12.1. The lowest BCUT2D eigenvalue weighted by molar-refractivity contribution is -0.122. The van der Waals surface area contributed by atoms with Crippen molar-refractivity contribution >= 4 is 5.91 Å². The minimum atomic E-state index is -0.555. The SMILES string of the molecule is O=C(Cc1ccccn1)NC1c2ccccc2CC1O. The molecule has 2 aromatic rings. The van der Waals surface area contributed by atoms with Gasteiger partial charge in [0.1, 0.15) is 0 Å². The van der Waals surface area contributed by atoms with E-state index in [9.17, 15) is 9.90 Å². The predicted molar refractivity (Wildman–Crippen MR) is 75.0 cm³/mol. The molecule has 2 atom stereocenters. The molecule has 1 aliphatic rings. The van der Waals surface area contributed by atoms with E-state index in [0.717, 1.165) is 16.8 Å². The van der Waals surface area contributed by atoms with Crippen LogP contribution in [0.25, 0.3) is 0 Å². The summed E-state index contributed by atoms with van der Waals surface area (Å²) in [6.45, 7) is 0. The number of pyridine rings is 1. The molecule has 0 aliphatic heterocycles. The molecule has 0 saturated heterocycles. The maximum Gasteiger partial charge on any atom is 0.226 e. The average Bonchev–Trinajstić information content (AvgIpc) is 2.76. The van der Waals surface area contributed by atoms with E-state index in [1.165, 1.54) is 0 Å². The van der Waals surface area contributed by atoms with Crippen LogP contribution in [0.4, 0.5) is 0 Å². The molecule has 2 unspecified atom stereocenters. The Morgan fingerprint density at radius 2 is 2.05 bits per heavy atom. The molecule has 1 aliphatic carbocycles. The van der Waals surface area contributed by atoms with Crippen molar-refractivity contribution in [2.75, 3.05) is 0 Å². The van der Waals surface area contributed by atoms with Crippen LogP contribution >= 0.6 is 0 Å². The van der Waals surface area contributed by atoms with Crippen molar-refractivity contribution in [2.45, 2.75) is 25.0 Å². The Kier molecular flexibility index (Phi) is 3.48. The summed E-state index contributed by atoms with van der Waals surface area (Å²) in [6.07, 6.45) is 1.93. The standard InChI is InChI=1S/C16H16N2O2/c19-14-9-11-5-1-2-7-13(11)16(14)18-15(20)10-12-6-3-4-8-17-12/h1-8,14,16,19H,9-10H2,(H,18,20). The molecule has 0 saturated carbocycles. The van der Waals surface area contributed by atoms with E-state index in [0.29, 0.717) is 6.42 Å². The maximum absolute atomic E-state index is 12.1. The number of amides is 1. The number of aromatic nitrogens is 1. The van der Waals surface area contributed by atoms with Gasteiger partial charge < -0.3 is 10.4 Å². The molecule has 1 aromatic heterocycles. The van der Waals surface area contributed by atoms with E-state index in [1.54, 1.807) is 6.20 Å². The van der Waals surface area contributed by atoms with Gasteiger partial charge in [-0.2, -0.15) is 0 Å². The van der Waals surface area contributed by atoms with Gasteiger partial charge in [0.2, 0.25) is 5.91 Å². The topological polar surface area (TPSA) is 62.2 Å². The molecule has 0 radical (unpaired) electrons. The van der Waals surface area contributed by atoms with Crippen molar-refractivity contribution < 1.29 is 9.90 Å². The Morgan fingerprint density at radius 1 is 1.25 bits per heavy atom. The second-order valence-corrected chi connectivity index (χ2v) is 5.01. The van der Waals surface area contributed by atoms with Crippen molar-refractivity contribution in [3.8, 4) is 0 Å². The van der Waals surface area contributed by atoms with Gasteiger partial charge in [0, 0.05) is 18.3 Å². The molecule has 0 spiro atoms. The third-order valence-corrected chi connectivity index (χ3v) is 3.59. The Labute approximate surface area is 117 Å². The fourth-order valence-corrected chi connectivity index (χ4v) is 2.64. The van der Waals surface area contributed by atoms with Gasteiger partial charge in [-0.3, -0.25) is 9.78 Å². The Bertz CT molecular complexity index is 613. The molecule has 20 heavy (non-hydrogen) atoms. The first-order valence-corrected chi connectivity index (χ1v) is 6.69. The number of hydrogen-bond donors (Lipinski definition) is 2. The summed E-state index contributed by atoms with van der Waals surface area (Å²) < 4.78 is 0. The van der Waals surface area contributed by atoms with Crippen LogP contribution in [0.3, 0.4) is 0 Å². The molecule has 2 N–H and O–H groups in total. The number of carbonyl (C=O) groups excluding carboxylic acids is 1. The van der Waals surface area contributed by atoms with Crippen molar-refractivity contribution in [3.63, 3.8) is 0 Å². The van der Waals surface area contributed by atoms with E-state index >= 15 is 0 Å². The number of rotatable bonds is 3. The third-order valence-electron chi connectivity index (χ3n) is 3.59. The Hall–Kier alpha value is -2.20. The van der Waals surface area contributed by atoms with Crippen LogP contribution in [0.2, 0.25) is 0 Å². The summed E-state index contributed by atoms with van der Waals surface area (Å²) in [7, 11) is 0. The first kappa shape index (κ1) is 12.8. The Balaban J connectivity index is 1.70. The fraction of sp³-hybridized carbons (Fsp3) is 0.250. The van der Waals surface area contributed by atoms with Crippen LogP contribution in [0, 0.1) is 0 Å². The van der Waals surface area contributed by atoms with E-state index < -0.39 is 6.10 Å². The Morgan fingerprint density at radius 3 is 2.85 bits per heavy atom. The third kappa shape index (κ3) is 2.56. The lowest BCUT2D eigenvalue weighted by Gasteiger charge is -2.17. The number of carbonyl (C=O) groups is 1. The van der Waals surface area contributed by atoms with Gasteiger partial charge in [-0.05, 0) is 23.3 Å². The lowest BCUT2D eigenvalue weighted by Crippen LogP contribution is -2.34. The smallest absolute Gasteiger partial charge is 0.226 e. The molecule has 3 rings (SSSR count). The molecule has 1 aromatic carbocycles. The molecule has 0 fully saturated rings. The monoisotopic (exact) mass is 268 g/mol. The number of nitrogens with zero attached hydrogens (tertiary/aromatic N) is 1. The van der Waals surface area contributed by atoms with Gasteiger partial charge >= 0.3 is 0 Å². The number of aliphatic hydroxyl groups excluding tert-OH is 1. The summed E-state index contributed by atoms with van der Waals surface area (Å²) in [5.41, 5.74) is 2.84. The molecule has 0 bridgehead atoms. The highest BCUT2D eigenvalue weighted by Crippen LogP contribution is 2.31. The van der Waals surface area contributed by atoms with E-state index in [1.807, 2.05) is 42.5 Å². The van der Waals surface area contributed by atoms with Crippen LogP contribution in [-0.2, 0) is 17.6 Å². The zero-order valence-electron chi connectivity index (χ0n) is 11.0. The minimum Gasteiger partial charge on any atom is -0.390 e. The van der Waals surface area contributed by atoms with Crippen LogP contribution < -0.4 is 5.32 Å². The first-order chi connectivity index (χ1) is 9.74. The second-order valence-electron chi connectivity index (χ2n) is 5.01. The summed E-state index contributed by atoms with van der Waals surface area (Å²) in [5.74, 6) is -0.121. The second kappa shape index (κ2) is 5.43. The number of hydrogen-bond acceptors (Lipinski definition) is 3. The highest BCUT2D eigenvalue weighted by molar-refractivity contribution is 5.78. The molecule has 1 heterocycles. The molecule has 4 heteroatoms. The van der Waals surface area contributed by atoms with Gasteiger partial charge in [0.25, 0.3) is 0 Å². The van der Waals surface area contributed by atoms with Crippen LogP contribution in [0.1, 0.15) is 22.9 Å². The van der Waals surface area contributed by atoms with Crippen LogP contribution in [0.15, 0.2) is 48.7 Å². The highest BCUT2D eigenvalue weighted by atomic mass is 16.3. The summed E-state index contributed by atoms with van der Waals surface area (Å²) in [4.78, 5) is 16.2. The quantitative estimate of drug-likeness (QED) is 0.884. The molecule has 1 amide bonds. The normalized spacial score (nSPS) is 20.4. The number of nitrogens with one attached hydrogen (secondary N) is 1. The van der Waals surface area contributed by atoms with E-state index in [4.69, 9.17) is 0 Å². The van der Waals surface area contributed by atoms with Crippen molar-refractivity contribution in [3.05, 3.63) is 65.5 Å². The lowest BCUT2D eigenvalue weighted by atomic mass is 10.1. The van der Waals surface area contributed by atoms with Crippen LogP contribution in [-0.4, -0.2) is 22.1 Å². The number of benzene rings is 1. The number of fused-ring (bicyclic) bond motifs is 1. The summed E-state index contributed by atoms with van der Waals surface area (Å²) in [6, 6.07) is 13.0. The minimum absolute atomic E-state index is 0.121. The van der Waals surface area contributed by atoms with Crippen molar-refractivity contribution in [2.24, 2.45) is 0 Å². The molecule has 102 valence electrons. The average molecular weight is 268 g/mol. The van der Waals surface area contributed by atoms with Crippen molar-refractivity contribution in [1.82, 2.24) is 10.3 Å². The van der Waals surface area contributed by atoms with E-state index in [-0.39, 0.29) is 18.4 Å². The largest absolute Gasteiger partial charge is 0.390 e. The first-order valence-electron chi connectivity index (χ1n) is 6.69. The molecular formula is C16H16N2O2. The van der Waals surface area contributed by atoms with Gasteiger partial charge in [-0.15, -0.1) is 0 Å². The van der Waals surface area contributed by atoms with Gasteiger partial charge in [-0.25, -0.2) is 0 Å². The zero-order chi connectivity index (χ0) is 13.9. The van der Waals surface area contributed by atoms with Crippen molar-refractivity contribution in [1.29, 1.82) is 0 Å². The summed E-state index contributed by atoms with van der Waals surface area (Å²) >= 11 is 0. The number of aliphatic hydroxyl groups is 1. The van der Waals surface area contributed by atoms with E-state index in [2.05, 4.69) is 10.3 Å². The zero-order valence-corrected chi connectivity index (χ0v) is 11.0. The van der Waals surface area contributed by atoms with Gasteiger partial charge in [-0.1, -0.05) is 30.3 Å². The molecule has 4 nitrogen and oxygen atoms in total. The molecular weight excluding hydrogens is 252 g/mol. The predicted octanol–water partition coefficient (Wildman–Crippen LogP) is 1.40. The highest BCUT2D eigenvalue weighted by Gasteiger charge is 2.31. The summed E-state index contributed by atoms with van der Waals surface area (Å²) in [5, 5.41) is 13.0.